The van der Waals surface area contributed by atoms with Crippen molar-refractivity contribution in [1.29, 1.82) is 0 Å². The van der Waals surface area contributed by atoms with Crippen LogP contribution in [0.1, 0.15) is 29.0 Å². The number of methoxy groups -OCH3 is 1. The first kappa shape index (κ1) is 16.6. The molecule has 0 bridgehead atoms. The second kappa shape index (κ2) is 7.17. The van der Waals surface area contributed by atoms with E-state index in [4.69, 9.17) is 17.0 Å². The number of rotatable bonds is 5. The molecule has 2 unspecified atom stereocenters. The van der Waals surface area contributed by atoms with E-state index in [1.807, 2.05) is 48.8 Å². The van der Waals surface area contributed by atoms with Crippen molar-refractivity contribution in [1.82, 2.24) is 20.2 Å². The fourth-order valence-electron chi connectivity index (χ4n) is 3.37. The molecule has 4 rings (SSSR count). The lowest BCUT2D eigenvalue weighted by atomic mass is 10.0. The van der Waals surface area contributed by atoms with Crippen LogP contribution in [0.25, 0.3) is 0 Å². The van der Waals surface area contributed by atoms with Crippen molar-refractivity contribution >= 4 is 17.3 Å². The van der Waals surface area contributed by atoms with Gasteiger partial charge in [-0.05, 0) is 54.2 Å². The normalized spacial score (nSPS) is 19.4. The summed E-state index contributed by atoms with van der Waals surface area (Å²) < 4.78 is 5.25. The van der Waals surface area contributed by atoms with Crippen LogP contribution in [-0.2, 0) is 6.54 Å². The topological polar surface area (TPSA) is 53.2 Å². The van der Waals surface area contributed by atoms with Crippen molar-refractivity contribution in [3.8, 4) is 5.75 Å². The third-order valence-corrected chi connectivity index (χ3v) is 5.00. The van der Waals surface area contributed by atoms with Crippen LogP contribution < -0.4 is 10.1 Å². The molecule has 2 atom stereocenters. The highest BCUT2D eigenvalue weighted by Gasteiger charge is 2.40. The maximum atomic E-state index is 5.66. The molecule has 2 N–H and O–H groups in total. The lowest BCUT2D eigenvalue weighted by Crippen LogP contribution is -2.29. The molecule has 2 aromatic heterocycles. The van der Waals surface area contributed by atoms with E-state index in [-0.39, 0.29) is 12.1 Å². The lowest BCUT2D eigenvalue weighted by Gasteiger charge is -2.27. The number of ether oxygens (including phenoxy) is 1. The molecule has 5 nitrogen and oxygen atoms in total. The maximum absolute atomic E-state index is 5.66. The predicted octanol–water partition coefficient (Wildman–Crippen LogP) is 3.59. The quantitative estimate of drug-likeness (QED) is 0.678. The smallest absolute Gasteiger partial charge is 0.170 e. The minimum absolute atomic E-state index is 0.000554. The van der Waals surface area contributed by atoms with E-state index in [2.05, 4.69) is 38.4 Å². The van der Waals surface area contributed by atoms with Gasteiger partial charge in [-0.1, -0.05) is 18.2 Å². The zero-order valence-electron chi connectivity index (χ0n) is 14.4. The highest BCUT2D eigenvalue weighted by molar-refractivity contribution is 7.80. The molecule has 3 heterocycles. The van der Waals surface area contributed by atoms with Crippen LogP contribution in [0.2, 0.25) is 0 Å². The summed E-state index contributed by atoms with van der Waals surface area (Å²) in [6, 6.07) is 18.2. The number of benzene rings is 1. The van der Waals surface area contributed by atoms with Gasteiger partial charge in [-0.15, -0.1) is 0 Å². The number of H-pyrrole nitrogens is 1. The molecule has 1 aromatic carbocycles. The molecule has 132 valence electrons. The molecule has 0 aliphatic carbocycles. The first-order valence-corrected chi connectivity index (χ1v) is 8.91. The SMILES string of the molecule is COc1ccc(CN2C(=S)NC(c3ccccn3)C2c2ccc[nH]2)cc1. The Bertz CT molecular complexity index is 865. The molecule has 1 saturated heterocycles. The molecular formula is C20H20N4OS. The summed E-state index contributed by atoms with van der Waals surface area (Å²) in [4.78, 5) is 10.1. The molecule has 1 aliphatic rings. The second-order valence-electron chi connectivity index (χ2n) is 6.23. The lowest BCUT2D eigenvalue weighted by molar-refractivity contribution is 0.306. The summed E-state index contributed by atoms with van der Waals surface area (Å²) in [5, 5.41) is 4.18. The summed E-state index contributed by atoms with van der Waals surface area (Å²) in [5.41, 5.74) is 3.27. The molecule has 0 spiro atoms. The average Bonchev–Trinajstić information content (AvgIpc) is 3.32. The van der Waals surface area contributed by atoms with Crippen LogP contribution in [0.3, 0.4) is 0 Å². The first-order chi connectivity index (χ1) is 12.8. The van der Waals surface area contributed by atoms with Crippen molar-refractivity contribution in [2.45, 2.75) is 18.6 Å². The van der Waals surface area contributed by atoms with Crippen LogP contribution in [-0.4, -0.2) is 27.1 Å². The van der Waals surface area contributed by atoms with E-state index in [0.29, 0.717) is 6.54 Å². The molecule has 0 radical (unpaired) electrons. The van der Waals surface area contributed by atoms with Gasteiger partial charge in [0.2, 0.25) is 0 Å². The summed E-state index contributed by atoms with van der Waals surface area (Å²) in [5.74, 6) is 0.850. The largest absolute Gasteiger partial charge is 0.497 e. The predicted molar refractivity (Wildman–Crippen MR) is 105 cm³/mol. The number of nitrogens with one attached hydrogen (secondary N) is 2. The van der Waals surface area contributed by atoms with E-state index in [1.54, 1.807) is 7.11 Å². The van der Waals surface area contributed by atoms with Crippen molar-refractivity contribution in [3.05, 3.63) is 83.9 Å². The molecule has 3 aromatic rings. The first-order valence-electron chi connectivity index (χ1n) is 8.50. The maximum Gasteiger partial charge on any atom is 0.170 e. The van der Waals surface area contributed by atoms with E-state index in [1.165, 1.54) is 5.56 Å². The summed E-state index contributed by atoms with van der Waals surface area (Å²) >= 11 is 5.66. The van der Waals surface area contributed by atoms with Crippen LogP contribution in [0.15, 0.2) is 67.0 Å². The molecule has 1 aliphatic heterocycles. The molecule has 1 fully saturated rings. The summed E-state index contributed by atoms with van der Waals surface area (Å²) in [6.07, 6.45) is 3.76. The van der Waals surface area contributed by atoms with E-state index in [0.717, 1.165) is 22.2 Å². The number of nitrogens with zero attached hydrogens (tertiary/aromatic N) is 2. The zero-order chi connectivity index (χ0) is 17.9. The minimum atomic E-state index is 0.000554. The van der Waals surface area contributed by atoms with Crippen molar-refractivity contribution in [3.63, 3.8) is 0 Å². The molecule has 26 heavy (non-hydrogen) atoms. The van der Waals surface area contributed by atoms with E-state index < -0.39 is 0 Å². The Morgan fingerprint density at radius 3 is 2.62 bits per heavy atom. The Morgan fingerprint density at radius 1 is 1.12 bits per heavy atom. The van der Waals surface area contributed by atoms with Gasteiger partial charge < -0.3 is 19.9 Å². The third kappa shape index (κ3) is 3.15. The number of hydrogen-bond acceptors (Lipinski definition) is 3. The van der Waals surface area contributed by atoms with Crippen LogP contribution in [0.4, 0.5) is 0 Å². The average molecular weight is 364 g/mol. The highest BCUT2D eigenvalue weighted by Crippen LogP contribution is 2.38. The van der Waals surface area contributed by atoms with Gasteiger partial charge in [-0.25, -0.2) is 0 Å². The van der Waals surface area contributed by atoms with Crippen LogP contribution in [0.5, 0.6) is 5.75 Å². The highest BCUT2D eigenvalue weighted by atomic mass is 32.1. The fraction of sp³-hybridized carbons (Fsp3) is 0.200. The number of pyridine rings is 1. The van der Waals surface area contributed by atoms with Crippen molar-refractivity contribution in [2.75, 3.05) is 7.11 Å². The Labute approximate surface area is 158 Å². The van der Waals surface area contributed by atoms with Crippen molar-refractivity contribution in [2.24, 2.45) is 0 Å². The van der Waals surface area contributed by atoms with Gasteiger partial charge in [0.25, 0.3) is 0 Å². The van der Waals surface area contributed by atoms with Gasteiger partial charge in [0, 0.05) is 24.6 Å². The van der Waals surface area contributed by atoms with Gasteiger partial charge in [0.1, 0.15) is 5.75 Å². The van der Waals surface area contributed by atoms with Crippen LogP contribution in [0, 0.1) is 0 Å². The van der Waals surface area contributed by atoms with Crippen LogP contribution >= 0.6 is 12.2 Å². The van der Waals surface area contributed by atoms with Crippen molar-refractivity contribution < 1.29 is 4.74 Å². The summed E-state index contributed by atoms with van der Waals surface area (Å²) in [7, 11) is 1.67. The third-order valence-electron chi connectivity index (χ3n) is 4.65. The van der Waals surface area contributed by atoms with E-state index in [9.17, 15) is 0 Å². The Kier molecular flexibility index (Phi) is 4.58. The van der Waals surface area contributed by atoms with E-state index >= 15 is 0 Å². The fourth-order valence-corrected chi connectivity index (χ4v) is 3.68. The Morgan fingerprint density at radius 2 is 1.96 bits per heavy atom. The molecule has 0 amide bonds. The zero-order valence-corrected chi connectivity index (χ0v) is 15.2. The number of hydrogen-bond donors (Lipinski definition) is 2. The molecule has 0 saturated carbocycles. The molecular weight excluding hydrogens is 344 g/mol. The second-order valence-corrected chi connectivity index (χ2v) is 6.61. The minimum Gasteiger partial charge on any atom is -0.497 e. The standard InChI is InChI=1S/C20H20N4OS/c1-25-15-9-7-14(8-10-15)13-24-19(17-6-4-12-22-17)18(23-20(24)26)16-5-2-3-11-21-16/h2-12,18-19,22H,13H2,1H3,(H,23,26). The van der Waals surface area contributed by atoms with Gasteiger partial charge in [0.15, 0.2) is 5.11 Å². The summed E-state index contributed by atoms with van der Waals surface area (Å²) in [6.45, 7) is 0.711. The van der Waals surface area contributed by atoms with Gasteiger partial charge in [0.05, 0.1) is 24.9 Å². The number of aromatic amines is 1. The number of thiocarbonyl (C=S) groups is 1. The molecule has 6 heteroatoms. The van der Waals surface area contributed by atoms with Gasteiger partial charge in [-0.3, -0.25) is 4.98 Å². The Balaban J connectivity index is 1.66. The number of aromatic nitrogens is 2. The Hall–Kier alpha value is -2.86. The monoisotopic (exact) mass is 364 g/mol. The van der Waals surface area contributed by atoms with Gasteiger partial charge >= 0.3 is 0 Å². The van der Waals surface area contributed by atoms with Gasteiger partial charge in [-0.2, -0.15) is 0 Å².